The van der Waals surface area contributed by atoms with Crippen LogP contribution < -0.4 is 10.3 Å². The Labute approximate surface area is 233 Å². The van der Waals surface area contributed by atoms with Gasteiger partial charge in [-0.25, -0.2) is 4.98 Å². The highest BCUT2D eigenvalue weighted by atomic mass is 79.9. The maximum Gasteiger partial charge on any atom is 0.282 e. The summed E-state index contributed by atoms with van der Waals surface area (Å²) >= 11 is 16.8. The molecule has 0 bridgehead atoms. The van der Waals surface area contributed by atoms with Gasteiger partial charge < -0.3 is 4.74 Å². The van der Waals surface area contributed by atoms with E-state index in [0.29, 0.717) is 34.1 Å². The first kappa shape index (κ1) is 26.1. The summed E-state index contributed by atoms with van der Waals surface area (Å²) in [6.45, 7) is 4.43. The van der Waals surface area contributed by atoms with E-state index in [1.807, 2.05) is 55.5 Å². The Hall–Kier alpha value is -2.00. The summed E-state index contributed by atoms with van der Waals surface area (Å²) < 4.78 is 9.71. The van der Waals surface area contributed by atoms with Crippen LogP contribution in [0.25, 0.3) is 10.9 Å². The number of rotatable bonds is 7. The normalized spacial score (nSPS) is 12.4. The Bertz CT molecular complexity index is 1460. The molecule has 0 spiro atoms. The smallest absolute Gasteiger partial charge is 0.282 e. The second-order valence-corrected chi connectivity index (χ2v) is 11.0. The van der Waals surface area contributed by atoms with E-state index in [0.717, 1.165) is 31.0 Å². The van der Waals surface area contributed by atoms with E-state index in [2.05, 4.69) is 59.8 Å². The molecule has 1 atom stereocenters. The summed E-state index contributed by atoms with van der Waals surface area (Å²) in [5, 5.41) is 5.71. The molecular weight excluding hydrogens is 661 g/mol. The van der Waals surface area contributed by atoms with E-state index in [9.17, 15) is 4.79 Å². The van der Waals surface area contributed by atoms with E-state index < -0.39 is 0 Å². The van der Waals surface area contributed by atoms with Crippen molar-refractivity contribution in [1.29, 1.82) is 0 Å². The Balaban J connectivity index is 1.68. The van der Waals surface area contributed by atoms with Gasteiger partial charge in [-0.1, -0.05) is 59.6 Å². The minimum absolute atomic E-state index is 0.0620. The Kier molecular flexibility index (Phi) is 8.47. The molecule has 0 amide bonds. The van der Waals surface area contributed by atoms with Crippen molar-refractivity contribution in [1.82, 2.24) is 9.66 Å². The van der Waals surface area contributed by atoms with Gasteiger partial charge in [-0.3, -0.25) is 4.79 Å². The average molecular weight is 683 g/mol. The second kappa shape index (κ2) is 11.4. The highest BCUT2D eigenvalue weighted by molar-refractivity contribution is 9.11. The molecule has 180 valence electrons. The number of nitrogens with zero attached hydrogens (tertiary/aromatic N) is 3. The number of aromatic nitrogens is 2. The maximum atomic E-state index is 13.3. The van der Waals surface area contributed by atoms with Crippen LogP contribution in [0.5, 0.6) is 5.75 Å². The second-order valence-electron chi connectivity index (χ2n) is 8.00. The minimum Gasteiger partial charge on any atom is -0.486 e. The van der Waals surface area contributed by atoms with Gasteiger partial charge in [0, 0.05) is 21.0 Å². The van der Waals surface area contributed by atoms with E-state index in [-0.39, 0.29) is 11.5 Å². The maximum absolute atomic E-state index is 13.3. The molecule has 3 aromatic carbocycles. The van der Waals surface area contributed by atoms with Crippen LogP contribution in [0.1, 0.15) is 43.1 Å². The zero-order valence-corrected chi connectivity index (χ0v) is 24.4. The molecule has 35 heavy (non-hydrogen) atoms. The number of hydrogen-bond acceptors (Lipinski definition) is 4. The van der Waals surface area contributed by atoms with Gasteiger partial charge in [-0.05, 0) is 80.2 Å². The lowest BCUT2D eigenvalue weighted by molar-refractivity contribution is 0.302. The van der Waals surface area contributed by atoms with E-state index in [4.69, 9.17) is 21.3 Å². The van der Waals surface area contributed by atoms with Gasteiger partial charge in [0.25, 0.3) is 5.56 Å². The summed E-state index contributed by atoms with van der Waals surface area (Å²) in [6.07, 6.45) is 2.48. The topological polar surface area (TPSA) is 56.5 Å². The van der Waals surface area contributed by atoms with E-state index in [1.54, 1.807) is 12.3 Å². The predicted molar refractivity (Wildman–Crippen MR) is 153 cm³/mol. The quantitative estimate of drug-likeness (QED) is 0.184. The van der Waals surface area contributed by atoms with Gasteiger partial charge in [0.2, 0.25) is 0 Å². The van der Waals surface area contributed by atoms with Crippen LogP contribution in [0.4, 0.5) is 0 Å². The third-order valence-electron chi connectivity index (χ3n) is 5.56. The summed E-state index contributed by atoms with van der Waals surface area (Å²) in [5.74, 6) is 1.34. The van der Waals surface area contributed by atoms with Gasteiger partial charge in [0.05, 0.1) is 26.1 Å². The SMILES string of the molecule is CC[C@H](C)c1nc2ccc(Br)cc2c(=O)n1N=Cc1cc(Br)c(OCc2ccccc2Cl)c(Br)c1. The average Bonchev–Trinajstić information content (AvgIpc) is 2.83. The molecule has 0 aliphatic carbocycles. The fraction of sp³-hybridized carbons (Fsp3) is 0.192. The molecule has 0 radical (unpaired) electrons. The van der Waals surface area contributed by atoms with Crippen molar-refractivity contribution in [2.24, 2.45) is 5.10 Å². The van der Waals surface area contributed by atoms with Crippen LogP contribution in [0.3, 0.4) is 0 Å². The molecule has 5 nitrogen and oxygen atoms in total. The molecule has 1 heterocycles. The minimum atomic E-state index is -0.208. The highest BCUT2D eigenvalue weighted by Gasteiger charge is 2.16. The van der Waals surface area contributed by atoms with Crippen LogP contribution >= 0.6 is 59.4 Å². The van der Waals surface area contributed by atoms with Crippen LogP contribution in [0.15, 0.2) is 77.9 Å². The molecule has 0 saturated heterocycles. The Morgan fingerprint density at radius 2 is 1.83 bits per heavy atom. The molecule has 4 rings (SSSR count). The Morgan fingerprint density at radius 1 is 1.11 bits per heavy atom. The van der Waals surface area contributed by atoms with Crippen molar-refractivity contribution in [2.75, 3.05) is 0 Å². The summed E-state index contributed by atoms with van der Waals surface area (Å²) in [7, 11) is 0. The molecule has 0 saturated carbocycles. The van der Waals surface area contributed by atoms with Crippen molar-refractivity contribution >= 4 is 76.5 Å². The first-order chi connectivity index (χ1) is 16.8. The lowest BCUT2D eigenvalue weighted by atomic mass is 10.1. The van der Waals surface area contributed by atoms with Gasteiger partial charge in [-0.15, -0.1) is 0 Å². The summed E-state index contributed by atoms with van der Waals surface area (Å²) in [4.78, 5) is 18.1. The van der Waals surface area contributed by atoms with Gasteiger partial charge in [-0.2, -0.15) is 9.78 Å². The van der Waals surface area contributed by atoms with Crippen molar-refractivity contribution < 1.29 is 4.74 Å². The fourth-order valence-electron chi connectivity index (χ4n) is 3.46. The van der Waals surface area contributed by atoms with E-state index >= 15 is 0 Å². The number of fused-ring (bicyclic) bond motifs is 1. The van der Waals surface area contributed by atoms with Crippen molar-refractivity contribution in [3.05, 3.63) is 100 Å². The summed E-state index contributed by atoms with van der Waals surface area (Å²) in [6, 6.07) is 16.8. The monoisotopic (exact) mass is 679 g/mol. The zero-order valence-electron chi connectivity index (χ0n) is 18.9. The standard InChI is InChI=1S/C26H21Br3ClN3O2/c1-3-15(2)25-32-23-9-8-18(27)12-19(23)26(34)33(25)31-13-16-10-20(28)24(21(29)11-16)35-14-17-6-4-5-7-22(17)30/h4-13,15H,3,14H2,1-2H3/t15-/m0/s1. The number of hydrogen-bond donors (Lipinski definition) is 0. The molecule has 0 aliphatic rings. The van der Waals surface area contributed by atoms with Crippen molar-refractivity contribution in [3.8, 4) is 5.75 Å². The lowest BCUT2D eigenvalue weighted by Gasteiger charge is -2.14. The highest BCUT2D eigenvalue weighted by Crippen LogP contribution is 2.35. The number of ether oxygens (including phenoxy) is 1. The molecule has 0 fully saturated rings. The molecule has 1 aromatic heterocycles. The third kappa shape index (κ3) is 5.88. The van der Waals surface area contributed by atoms with Gasteiger partial charge >= 0.3 is 0 Å². The first-order valence-electron chi connectivity index (χ1n) is 10.9. The molecule has 0 unspecified atom stereocenters. The predicted octanol–water partition coefficient (Wildman–Crippen LogP) is 8.31. The number of halogens is 4. The third-order valence-corrected chi connectivity index (χ3v) is 7.60. The first-order valence-corrected chi connectivity index (χ1v) is 13.7. The van der Waals surface area contributed by atoms with Gasteiger partial charge in [0.1, 0.15) is 18.2 Å². The molecule has 0 aliphatic heterocycles. The Morgan fingerprint density at radius 3 is 2.51 bits per heavy atom. The largest absolute Gasteiger partial charge is 0.486 e. The van der Waals surface area contributed by atoms with Crippen LogP contribution in [-0.2, 0) is 6.61 Å². The molecular formula is C26H21Br3ClN3O2. The van der Waals surface area contributed by atoms with Gasteiger partial charge in [0.15, 0.2) is 0 Å². The molecule has 4 aromatic rings. The molecule has 9 heteroatoms. The van der Waals surface area contributed by atoms with Crippen LogP contribution in [-0.4, -0.2) is 15.9 Å². The number of benzene rings is 3. The van der Waals surface area contributed by atoms with Crippen LogP contribution in [0.2, 0.25) is 5.02 Å². The van der Waals surface area contributed by atoms with Crippen molar-refractivity contribution in [3.63, 3.8) is 0 Å². The molecule has 0 N–H and O–H groups in total. The van der Waals surface area contributed by atoms with Crippen molar-refractivity contribution in [2.45, 2.75) is 32.8 Å². The van der Waals surface area contributed by atoms with E-state index in [1.165, 1.54) is 4.68 Å². The lowest BCUT2D eigenvalue weighted by Crippen LogP contribution is -2.23. The summed E-state index contributed by atoms with van der Waals surface area (Å²) in [5.41, 5.74) is 2.13. The fourth-order valence-corrected chi connectivity index (χ4v) is 5.46. The van der Waals surface area contributed by atoms with Crippen LogP contribution in [0, 0.1) is 0 Å². The zero-order chi connectivity index (χ0) is 25.1.